The second-order valence-corrected chi connectivity index (χ2v) is 7.08. The molecule has 2 aromatic carbocycles. The Morgan fingerprint density at radius 3 is 2.24 bits per heavy atom. The summed E-state index contributed by atoms with van der Waals surface area (Å²) in [5.41, 5.74) is 2.04. The third-order valence-electron chi connectivity index (χ3n) is 2.96. The first-order valence-electron chi connectivity index (χ1n) is 5.97. The van der Waals surface area contributed by atoms with Crippen LogP contribution in [0.5, 0.6) is 5.75 Å². The maximum absolute atomic E-state index is 11.5. The highest BCUT2D eigenvalue weighted by molar-refractivity contribution is 8.13. The van der Waals surface area contributed by atoms with Crippen LogP contribution in [0.4, 0.5) is 0 Å². The van der Waals surface area contributed by atoms with Gasteiger partial charge < -0.3 is 5.11 Å². The van der Waals surface area contributed by atoms with Crippen molar-refractivity contribution in [3.63, 3.8) is 0 Å². The Balaban J connectivity index is 2.29. The first-order chi connectivity index (χ1) is 9.86. The Hall–Kier alpha value is -2.12. The molecule has 1 heterocycles. The van der Waals surface area contributed by atoms with Crippen molar-refractivity contribution in [2.24, 2.45) is 0 Å². The molecule has 21 heavy (non-hydrogen) atoms. The van der Waals surface area contributed by atoms with Crippen LogP contribution in [0, 0.1) is 6.92 Å². The lowest BCUT2D eigenvalue weighted by Crippen LogP contribution is -2.03. The summed E-state index contributed by atoms with van der Waals surface area (Å²) in [6.45, 7) is 1.69. The Morgan fingerprint density at radius 2 is 1.71 bits per heavy atom. The van der Waals surface area contributed by atoms with Crippen LogP contribution in [0.2, 0.25) is 0 Å². The largest absolute Gasteiger partial charge is 0.504 e. The third kappa shape index (κ3) is 2.45. The van der Waals surface area contributed by atoms with E-state index in [4.69, 9.17) is 10.7 Å². The summed E-state index contributed by atoms with van der Waals surface area (Å²) in [6.07, 6.45) is 0. The van der Waals surface area contributed by atoms with E-state index < -0.39 is 14.8 Å². The van der Waals surface area contributed by atoms with Crippen molar-refractivity contribution >= 4 is 30.8 Å². The number of hydrogen-bond acceptors (Lipinski definition) is 5. The van der Waals surface area contributed by atoms with Crippen molar-refractivity contribution in [1.82, 2.24) is 15.0 Å². The monoisotopic (exact) mass is 323 g/mol. The number of hydrogen-bond donors (Lipinski definition) is 1. The topological polar surface area (TPSA) is 85.1 Å². The quantitative estimate of drug-likeness (QED) is 0.732. The van der Waals surface area contributed by atoms with Crippen LogP contribution in [0.15, 0.2) is 41.3 Å². The van der Waals surface area contributed by atoms with Crippen LogP contribution in [0.3, 0.4) is 0 Å². The first-order valence-corrected chi connectivity index (χ1v) is 8.28. The van der Waals surface area contributed by atoms with Gasteiger partial charge in [0.15, 0.2) is 5.75 Å². The van der Waals surface area contributed by atoms with E-state index in [-0.39, 0.29) is 10.6 Å². The van der Waals surface area contributed by atoms with Crippen LogP contribution in [-0.4, -0.2) is 28.5 Å². The molecular weight excluding hydrogens is 314 g/mol. The number of rotatable bonds is 2. The second-order valence-electron chi connectivity index (χ2n) is 4.55. The molecule has 0 amide bonds. The zero-order valence-electron chi connectivity index (χ0n) is 10.9. The highest BCUT2D eigenvalue weighted by Gasteiger charge is 2.21. The molecular formula is C13H10ClN3O3S. The highest BCUT2D eigenvalue weighted by Crippen LogP contribution is 2.33. The summed E-state index contributed by atoms with van der Waals surface area (Å²) in [5, 5.41) is 18.6. The average molecular weight is 324 g/mol. The zero-order valence-corrected chi connectivity index (χ0v) is 12.4. The van der Waals surface area contributed by atoms with Crippen molar-refractivity contribution in [2.75, 3.05) is 0 Å². The minimum absolute atomic E-state index is 0.158. The van der Waals surface area contributed by atoms with E-state index in [2.05, 4.69) is 10.2 Å². The second kappa shape index (κ2) is 4.71. The summed E-state index contributed by atoms with van der Waals surface area (Å²) >= 11 is 0. The van der Waals surface area contributed by atoms with Crippen LogP contribution >= 0.6 is 10.7 Å². The number of halogens is 1. The molecule has 1 N–H and O–H groups in total. The van der Waals surface area contributed by atoms with Gasteiger partial charge in [0.1, 0.15) is 21.6 Å². The maximum atomic E-state index is 11.5. The van der Waals surface area contributed by atoms with Crippen LogP contribution < -0.4 is 0 Å². The van der Waals surface area contributed by atoms with Gasteiger partial charge in [-0.05, 0) is 36.8 Å². The van der Waals surface area contributed by atoms with E-state index in [0.717, 1.165) is 0 Å². The van der Waals surface area contributed by atoms with Gasteiger partial charge >= 0.3 is 0 Å². The van der Waals surface area contributed by atoms with Gasteiger partial charge in [0, 0.05) is 10.7 Å². The van der Waals surface area contributed by atoms with Crippen LogP contribution in [0.1, 0.15) is 5.56 Å². The zero-order chi connectivity index (χ0) is 15.2. The molecule has 8 heteroatoms. The number of phenolic OH excluding ortho intramolecular Hbond substituents is 1. The number of aryl methyl sites for hydroxylation is 1. The van der Waals surface area contributed by atoms with Gasteiger partial charge in [0.05, 0.1) is 0 Å². The van der Waals surface area contributed by atoms with Gasteiger partial charge in [-0.3, -0.25) is 0 Å². The molecule has 0 saturated heterocycles. The normalized spacial score (nSPS) is 11.9. The van der Waals surface area contributed by atoms with E-state index in [0.29, 0.717) is 16.6 Å². The van der Waals surface area contributed by atoms with Gasteiger partial charge in [-0.1, -0.05) is 12.1 Å². The molecule has 0 bridgehead atoms. The fourth-order valence-corrected chi connectivity index (χ4v) is 3.05. The molecule has 0 aliphatic carbocycles. The molecule has 0 saturated carbocycles. The number of aromatic hydroxyl groups is 1. The molecule has 0 aliphatic rings. The number of phenols is 1. The Labute approximate surface area is 125 Å². The summed E-state index contributed by atoms with van der Waals surface area (Å²) in [4.78, 5) is 0.832. The minimum atomic E-state index is -4.06. The summed E-state index contributed by atoms with van der Waals surface area (Å²) in [6, 6.07) is 10.0. The molecule has 1 aromatic heterocycles. The smallest absolute Gasteiger partial charge is 0.265 e. The fraction of sp³-hybridized carbons (Fsp3) is 0.0769. The molecule has 0 radical (unpaired) electrons. The van der Waals surface area contributed by atoms with Gasteiger partial charge in [-0.15, -0.1) is 15.0 Å². The van der Waals surface area contributed by atoms with Crippen molar-refractivity contribution in [2.45, 2.75) is 11.8 Å². The molecule has 0 atom stereocenters. The molecule has 0 aliphatic heterocycles. The first kappa shape index (κ1) is 13.8. The summed E-state index contributed by atoms with van der Waals surface area (Å²) in [7, 11) is 1.27. The fourth-order valence-electron chi connectivity index (χ4n) is 2.03. The molecule has 0 fully saturated rings. The minimum Gasteiger partial charge on any atom is -0.504 e. The standard InChI is InChI=1S/C13H10ClN3O3S/c1-8-6-11(13(18)12(7-8)21(14,19)20)17-15-9-4-2-3-5-10(9)16-17/h2-7,18H,1H3. The Kier molecular flexibility index (Phi) is 3.11. The van der Waals surface area contributed by atoms with Crippen molar-refractivity contribution in [3.8, 4) is 11.4 Å². The lowest BCUT2D eigenvalue weighted by Gasteiger charge is -2.08. The summed E-state index contributed by atoms with van der Waals surface area (Å²) in [5.74, 6) is -0.476. The Morgan fingerprint density at radius 1 is 1.14 bits per heavy atom. The van der Waals surface area contributed by atoms with Crippen LogP contribution in [-0.2, 0) is 9.05 Å². The van der Waals surface area contributed by atoms with Crippen molar-refractivity contribution in [3.05, 3.63) is 42.0 Å². The van der Waals surface area contributed by atoms with Crippen LogP contribution in [0.25, 0.3) is 16.7 Å². The highest BCUT2D eigenvalue weighted by atomic mass is 35.7. The van der Waals surface area contributed by atoms with E-state index in [9.17, 15) is 13.5 Å². The maximum Gasteiger partial charge on any atom is 0.265 e. The molecule has 3 aromatic rings. The number of aromatic nitrogens is 3. The lowest BCUT2D eigenvalue weighted by molar-refractivity contribution is 0.452. The summed E-state index contributed by atoms with van der Waals surface area (Å²) < 4.78 is 23.0. The van der Waals surface area contributed by atoms with Gasteiger partial charge in [0.2, 0.25) is 0 Å². The van der Waals surface area contributed by atoms with E-state index in [1.54, 1.807) is 25.1 Å². The average Bonchev–Trinajstić information content (AvgIpc) is 2.83. The third-order valence-corrected chi connectivity index (χ3v) is 4.30. The lowest BCUT2D eigenvalue weighted by atomic mass is 10.2. The molecule has 6 nitrogen and oxygen atoms in total. The van der Waals surface area contributed by atoms with Gasteiger partial charge in [0.25, 0.3) is 9.05 Å². The van der Waals surface area contributed by atoms with Gasteiger partial charge in [-0.25, -0.2) is 8.42 Å². The number of fused-ring (bicyclic) bond motifs is 1. The van der Waals surface area contributed by atoms with Gasteiger partial charge in [-0.2, -0.15) is 0 Å². The Bertz CT molecular complexity index is 917. The van der Waals surface area contributed by atoms with Crippen molar-refractivity contribution < 1.29 is 13.5 Å². The molecule has 0 spiro atoms. The predicted molar refractivity (Wildman–Crippen MR) is 78.3 cm³/mol. The SMILES string of the molecule is Cc1cc(-n2nc3ccccc3n2)c(O)c(S(=O)(=O)Cl)c1. The van der Waals surface area contributed by atoms with E-state index in [1.807, 2.05) is 12.1 Å². The van der Waals surface area contributed by atoms with E-state index >= 15 is 0 Å². The predicted octanol–water partition coefficient (Wildman–Crippen LogP) is 2.36. The van der Waals surface area contributed by atoms with Crippen molar-refractivity contribution in [1.29, 1.82) is 0 Å². The molecule has 3 rings (SSSR count). The van der Waals surface area contributed by atoms with E-state index in [1.165, 1.54) is 10.9 Å². The number of benzene rings is 2. The molecule has 0 unspecified atom stereocenters. The molecule has 108 valence electrons. The number of nitrogens with zero attached hydrogens (tertiary/aromatic N) is 3.